The summed E-state index contributed by atoms with van der Waals surface area (Å²) < 4.78 is 23.8. The van der Waals surface area contributed by atoms with E-state index in [0.29, 0.717) is 23.6 Å². The molecule has 1 fully saturated rings. The van der Waals surface area contributed by atoms with E-state index < -0.39 is 21.9 Å². The normalized spacial score (nSPS) is 16.6. The van der Waals surface area contributed by atoms with Crippen LogP contribution < -0.4 is 5.32 Å². The Kier molecular flexibility index (Phi) is 8.21. The minimum atomic E-state index is -3.47. The van der Waals surface area contributed by atoms with Gasteiger partial charge in [0.15, 0.2) is 15.7 Å². The first-order chi connectivity index (χ1) is 15.2. The Hall–Kier alpha value is -2.07. The number of nitrogens with zero attached hydrogens (tertiary/aromatic N) is 2. The van der Waals surface area contributed by atoms with Crippen molar-refractivity contribution in [3.8, 4) is 0 Å². The molecule has 1 aromatic carbocycles. The van der Waals surface area contributed by atoms with Gasteiger partial charge in [0.25, 0.3) is 0 Å². The first-order valence-corrected chi connectivity index (χ1v) is 12.8. The van der Waals surface area contributed by atoms with Crippen molar-refractivity contribution in [1.29, 1.82) is 0 Å². The summed E-state index contributed by atoms with van der Waals surface area (Å²) >= 11 is 6.24. The number of halogens is 1. The van der Waals surface area contributed by atoms with Crippen molar-refractivity contribution in [2.75, 3.05) is 18.2 Å². The first-order valence-electron chi connectivity index (χ1n) is 10.6. The van der Waals surface area contributed by atoms with Crippen molar-refractivity contribution in [3.63, 3.8) is 0 Å². The van der Waals surface area contributed by atoms with Crippen LogP contribution in [0.15, 0.2) is 35.5 Å². The van der Waals surface area contributed by atoms with Gasteiger partial charge in [0.1, 0.15) is 0 Å². The molecule has 174 valence electrons. The molecule has 1 aromatic heterocycles. The Bertz CT molecular complexity index is 1040. The summed E-state index contributed by atoms with van der Waals surface area (Å²) in [7, 11) is -3.47. The maximum Gasteiger partial charge on any atom is 0.233 e. The number of carbonyl (C=O) groups excluding carboxylic acids is 1. The summed E-state index contributed by atoms with van der Waals surface area (Å²) in [5.74, 6) is -0.0977. The lowest BCUT2D eigenvalue weighted by atomic mass is 9.87. The lowest BCUT2D eigenvalue weighted by Gasteiger charge is -2.21. The fraction of sp³-hybridized carbons (Fsp3) is 0.500. The van der Waals surface area contributed by atoms with E-state index >= 15 is 0 Å². The van der Waals surface area contributed by atoms with Crippen LogP contribution in [0.3, 0.4) is 0 Å². The number of nitrogens with one attached hydrogen (secondary N) is 1. The average Bonchev–Trinajstić information content (AvgIpc) is 3.25. The SMILES string of the molecule is CS(=O)(=O)c1ccc([C@@H](CC2CCCC2)C(=O)Nc2cnc(CC(O)CO)cn2)cc1Cl. The molecule has 0 radical (unpaired) electrons. The van der Waals surface area contributed by atoms with Gasteiger partial charge in [-0.1, -0.05) is 43.4 Å². The van der Waals surface area contributed by atoms with E-state index in [9.17, 15) is 18.3 Å². The average molecular weight is 482 g/mol. The molecule has 8 nitrogen and oxygen atoms in total. The second kappa shape index (κ2) is 10.7. The molecule has 3 N–H and O–H groups in total. The Morgan fingerprint density at radius 2 is 1.97 bits per heavy atom. The van der Waals surface area contributed by atoms with E-state index in [1.165, 1.54) is 18.5 Å². The molecule has 3 rings (SSSR count). The predicted octanol–water partition coefficient (Wildman–Crippen LogP) is 2.73. The third-order valence-corrected chi connectivity index (χ3v) is 7.31. The van der Waals surface area contributed by atoms with Crippen LogP contribution >= 0.6 is 11.6 Å². The lowest BCUT2D eigenvalue weighted by Crippen LogP contribution is -2.24. The maximum atomic E-state index is 13.2. The number of benzene rings is 1. The summed E-state index contributed by atoms with van der Waals surface area (Å²) in [6, 6.07) is 4.65. The summed E-state index contributed by atoms with van der Waals surface area (Å²) in [6.45, 7) is -0.371. The summed E-state index contributed by atoms with van der Waals surface area (Å²) in [5.41, 5.74) is 1.15. The number of aliphatic hydroxyl groups is 2. The van der Waals surface area contributed by atoms with Crippen molar-refractivity contribution in [1.82, 2.24) is 9.97 Å². The van der Waals surface area contributed by atoms with E-state index in [1.807, 2.05) is 0 Å². The highest BCUT2D eigenvalue weighted by Gasteiger charge is 2.28. The molecule has 1 saturated carbocycles. The molecule has 1 unspecified atom stereocenters. The van der Waals surface area contributed by atoms with Crippen LogP contribution in [0.5, 0.6) is 0 Å². The lowest BCUT2D eigenvalue weighted by molar-refractivity contribution is -0.118. The van der Waals surface area contributed by atoms with Crippen molar-refractivity contribution < 1.29 is 23.4 Å². The highest BCUT2D eigenvalue weighted by atomic mass is 35.5. The van der Waals surface area contributed by atoms with Gasteiger partial charge in [0.05, 0.1) is 46.6 Å². The van der Waals surface area contributed by atoms with E-state index in [1.54, 1.807) is 12.1 Å². The van der Waals surface area contributed by atoms with Crippen molar-refractivity contribution in [3.05, 3.63) is 46.9 Å². The Balaban J connectivity index is 1.80. The van der Waals surface area contributed by atoms with Gasteiger partial charge in [-0.15, -0.1) is 0 Å². The number of aromatic nitrogens is 2. The van der Waals surface area contributed by atoms with E-state index in [2.05, 4.69) is 15.3 Å². The van der Waals surface area contributed by atoms with Gasteiger partial charge in [-0.3, -0.25) is 9.78 Å². The van der Waals surface area contributed by atoms with Gasteiger partial charge < -0.3 is 15.5 Å². The zero-order valence-corrected chi connectivity index (χ0v) is 19.4. The third kappa shape index (κ3) is 6.48. The van der Waals surface area contributed by atoms with Crippen LogP contribution in [0.25, 0.3) is 0 Å². The predicted molar refractivity (Wildman–Crippen MR) is 121 cm³/mol. The molecule has 0 spiro atoms. The quantitative estimate of drug-likeness (QED) is 0.502. The van der Waals surface area contributed by atoms with E-state index in [0.717, 1.165) is 31.9 Å². The molecule has 2 aromatic rings. The summed E-state index contributed by atoms with van der Waals surface area (Å²) in [5, 5.41) is 21.3. The highest BCUT2D eigenvalue weighted by Crippen LogP contribution is 2.36. The third-order valence-electron chi connectivity index (χ3n) is 5.73. The molecule has 2 atom stereocenters. The molecule has 0 saturated heterocycles. The standard InChI is InChI=1S/C22H28ClN3O5S/c1-32(30,31)20-7-6-15(9-19(20)23)18(8-14-4-2-3-5-14)22(29)26-21-12-24-16(11-25-21)10-17(28)13-27/h6-7,9,11-12,14,17-18,27-28H,2-5,8,10,13H2,1H3,(H,25,26,29)/t17?,18-/m1/s1. The maximum absolute atomic E-state index is 13.2. The van der Waals surface area contributed by atoms with Gasteiger partial charge in [0.2, 0.25) is 5.91 Å². The minimum Gasteiger partial charge on any atom is -0.394 e. The van der Waals surface area contributed by atoms with Gasteiger partial charge in [0, 0.05) is 12.7 Å². The van der Waals surface area contributed by atoms with Crippen LogP contribution in [-0.2, 0) is 21.1 Å². The van der Waals surface area contributed by atoms with E-state index in [-0.39, 0.29) is 34.7 Å². The van der Waals surface area contributed by atoms with Crippen LogP contribution in [0.1, 0.15) is 49.3 Å². The van der Waals surface area contributed by atoms with E-state index in [4.69, 9.17) is 16.7 Å². The van der Waals surface area contributed by atoms with Crippen LogP contribution in [0.2, 0.25) is 5.02 Å². The molecule has 1 amide bonds. The monoisotopic (exact) mass is 481 g/mol. The molecular weight excluding hydrogens is 454 g/mol. The number of amides is 1. The van der Waals surface area contributed by atoms with Gasteiger partial charge >= 0.3 is 0 Å². The fourth-order valence-corrected chi connectivity index (χ4v) is 5.39. The smallest absolute Gasteiger partial charge is 0.233 e. The molecule has 10 heteroatoms. The first kappa shape index (κ1) is 24.6. The van der Waals surface area contributed by atoms with Crippen LogP contribution in [0.4, 0.5) is 5.82 Å². The Labute approximate surface area is 193 Å². The number of aliphatic hydroxyl groups excluding tert-OH is 2. The van der Waals surface area contributed by atoms with Crippen molar-refractivity contribution in [2.24, 2.45) is 5.92 Å². The zero-order valence-electron chi connectivity index (χ0n) is 17.9. The summed E-state index contributed by atoms with van der Waals surface area (Å²) in [6.07, 6.45) is 8.21. The zero-order chi connectivity index (χ0) is 23.3. The highest BCUT2D eigenvalue weighted by molar-refractivity contribution is 7.90. The summed E-state index contributed by atoms with van der Waals surface area (Å²) in [4.78, 5) is 21.6. The minimum absolute atomic E-state index is 0.0365. The molecule has 0 bridgehead atoms. The molecule has 0 aliphatic heterocycles. The number of rotatable bonds is 9. The van der Waals surface area contributed by atoms with Gasteiger partial charge in [-0.05, 0) is 30.0 Å². The topological polar surface area (TPSA) is 129 Å². The number of carbonyl (C=O) groups is 1. The second-order valence-electron chi connectivity index (χ2n) is 8.32. The molecule has 32 heavy (non-hydrogen) atoms. The van der Waals surface area contributed by atoms with Crippen LogP contribution in [0, 0.1) is 5.92 Å². The fourth-order valence-electron chi connectivity index (χ4n) is 4.05. The molecule has 1 aliphatic carbocycles. The van der Waals surface area contributed by atoms with Crippen molar-refractivity contribution >= 4 is 33.2 Å². The number of sulfone groups is 1. The molecule has 1 aliphatic rings. The molecule has 1 heterocycles. The number of hydrogen-bond acceptors (Lipinski definition) is 7. The van der Waals surface area contributed by atoms with Gasteiger partial charge in [-0.2, -0.15) is 0 Å². The second-order valence-corrected chi connectivity index (χ2v) is 10.7. The van der Waals surface area contributed by atoms with Crippen LogP contribution in [-0.4, -0.2) is 53.5 Å². The Morgan fingerprint density at radius 1 is 1.25 bits per heavy atom. The number of anilines is 1. The molecular formula is C22H28ClN3O5S. The van der Waals surface area contributed by atoms with Gasteiger partial charge in [-0.25, -0.2) is 13.4 Å². The number of hydrogen-bond donors (Lipinski definition) is 3. The Morgan fingerprint density at radius 3 is 2.53 bits per heavy atom. The largest absolute Gasteiger partial charge is 0.394 e. The van der Waals surface area contributed by atoms with Crippen molar-refractivity contribution in [2.45, 2.75) is 55.4 Å².